The van der Waals surface area contributed by atoms with E-state index in [0.29, 0.717) is 11.3 Å². The summed E-state index contributed by atoms with van der Waals surface area (Å²) in [7, 11) is 0. The summed E-state index contributed by atoms with van der Waals surface area (Å²) < 4.78 is 5.50. The Labute approximate surface area is 147 Å². The molecule has 0 aromatic heterocycles. The molecule has 0 spiro atoms. The van der Waals surface area contributed by atoms with Crippen molar-refractivity contribution in [1.82, 2.24) is 5.32 Å². The van der Waals surface area contributed by atoms with E-state index in [-0.39, 0.29) is 18.9 Å². The number of amides is 2. The van der Waals surface area contributed by atoms with Gasteiger partial charge < -0.3 is 21.1 Å². The number of anilines is 1. The minimum Gasteiger partial charge on any atom is -0.493 e. The van der Waals surface area contributed by atoms with E-state index in [1.54, 1.807) is 24.3 Å². The number of carbonyl (C=O) groups excluding carboxylic acids is 2. The van der Waals surface area contributed by atoms with Crippen LogP contribution in [0.5, 0.6) is 5.75 Å². The van der Waals surface area contributed by atoms with E-state index in [2.05, 4.69) is 10.6 Å². The lowest BCUT2D eigenvalue weighted by atomic mass is 10.2. The molecule has 0 fully saturated rings. The monoisotopic (exact) mass is 341 g/mol. The molecule has 25 heavy (non-hydrogen) atoms. The molecule has 0 saturated carbocycles. The summed E-state index contributed by atoms with van der Waals surface area (Å²) in [6, 6.07) is 14.3. The van der Waals surface area contributed by atoms with Gasteiger partial charge in [-0.2, -0.15) is 0 Å². The van der Waals surface area contributed by atoms with E-state index in [1.807, 2.05) is 31.2 Å². The van der Waals surface area contributed by atoms with E-state index in [9.17, 15) is 9.59 Å². The molecular weight excluding hydrogens is 318 g/mol. The average molecular weight is 341 g/mol. The van der Waals surface area contributed by atoms with Gasteiger partial charge in [-0.1, -0.05) is 25.1 Å². The molecule has 4 N–H and O–H groups in total. The molecule has 132 valence electrons. The van der Waals surface area contributed by atoms with Crippen LogP contribution in [0.15, 0.2) is 48.5 Å². The number of hydrogen-bond donors (Lipinski definition) is 3. The van der Waals surface area contributed by atoms with Gasteiger partial charge in [-0.25, -0.2) is 0 Å². The van der Waals surface area contributed by atoms with Gasteiger partial charge in [0.15, 0.2) is 0 Å². The second kappa shape index (κ2) is 9.44. The van der Waals surface area contributed by atoms with Gasteiger partial charge in [0.25, 0.3) is 0 Å². The molecule has 0 radical (unpaired) electrons. The normalized spacial score (nSPS) is 10.3. The highest BCUT2D eigenvalue weighted by Crippen LogP contribution is 2.14. The lowest BCUT2D eigenvalue weighted by Gasteiger charge is -2.09. The van der Waals surface area contributed by atoms with E-state index in [4.69, 9.17) is 10.5 Å². The second-order valence-corrected chi connectivity index (χ2v) is 5.52. The number of nitrogens with one attached hydrogen (secondary N) is 2. The maximum absolute atomic E-state index is 12.0. The molecule has 2 amide bonds. The number of carbonyl (C=O) groups is 2. The lowest BCUT2D eigenvalue weighted by molar-refractivity contribution is -0.116. The summed E-state index contributed by atoms with van der Waals surface area (Å²) in [6.45, 7) is 3.92. The predicted octanol–water partition coefficient (Wildman–Crippen LogP) is 2.30. The fourth-order valence-corrected chi connectivity index (χ4v) is 2.25. The Bertz CT molecular complexity index is 731. The van der Waals surface area contributed by atoms with Crippen LogP contribution in [0.3, 0.4) is 0 Å². The van der Waals surface area contributed by atoms with Crippen molar-refractivity contribution in [2.24, 2.45) is 5.73 Å². The quantitative estimate of drug-likeness (QED) is 0.652. The molecule has 2 aromatic rings. The van der Waals surface area contributed by atoms with Crippen LogP contribution in [0, 0.1) is 0 Å². The molecule has 0 aliphatic rings. The first-order valence-corrected chi connectivity index (χ1v) is 8.20. The summed E-state index contributed by atoms with van der Waals surface area (Å²) in [5.74, 6) is -0.135. The number of rotatable bonds is 9. The summed E-state index contributed by atoms with van der Waals surface area (Å²) >= 11 is 0. The third kappa shape index (κ3) is 6.27. The van der Waals surface area contributed by atoms with Crippen molar-refractivity contribution in [3.8, 4) is 5.75 Å². The van der Waals surface area contributed by atoms with Crippen molar-refractivity contribution in [1.29, 1.82) is 0 Å². The second-order valence-electron chi connectivity index (χ2n) is 5.52. The van der Waals surface area contributed by atoms with Gasteiger partial charge in [-0.15, -0.1) is 0 Å². The third-order valence-electron chi connectivity index (χ3n) is 3.51. The van der Waals surface area contributed by atoms with Crippen molar-refractivity contribution >= 4 is 17.5 Å². The summed E-state index contributed by atoms with van der Waals surface area (Å²) in [5, 5.41) is 6.10. The van der Waals surface area contributed by atoms with Crippen LogP contribution >= 0.6 is 0 Å². The largest absolute Gasteiger partial charge is 0.493 e. The number of hydrogen-bond acceptors (Lipinski definition) is 4. The maximum atomic E-state index is 12.0. The number of nitrogens with two attached hydrogens (primary N) is 1. The highest BCUT2D eigenvalue weighted by atomic mass is 16.5. The molecule has 0 bridgehead atoms. The number of primary amides is 1. The van der Waals surface area contributed by atoms with Crippen LogP contribution in [-0.2, 0) is 11.3 Å². The Morgan fingerprint density at radius 1 is 1.12 bits per heavy atom. The molecule has 2 rings (SSSR count). The first-order valence-electron chi connectivity index (χ1n) is 8.20. The van der Waals surface area contributed by atoms with Crippen molar-refractivity contribution < 1.29 is 14.3 Å². The number of ether oxygens (including phenoxy) is 1. The van der Waals surface area contributed by atoms with Crippen molar-refractivity contribution in [3.63, 3.8) is 0 Å². The fourth-order valence-electron chi connectivity index (χ4n) is 2.25. The van der Waals surface area contributed by atoms with Crippen molar-refractivity contribution in [2.45, 2.75) is 19.9 Å². The third-order valence-corrected chi connectivity index (χ3v) is 3.51. The smallest absolute Gasteiger partial charge is 0.248 e. The zero-order valence-corrected chi connectivity index (χ0v) is 14.2. The minimum atomic E-state index is -0.513. The molecule has 0 aliphatic heterocycles. The summed E-state index contributed by atoms with van der Waals surface area (Å²) in [4.78, 5) is 23.2. The zero-order chi connectivity index (χ0) is 18.1. The molecule has 6 nitrogen and oxygen atoms in total. The Morgan fingerprint density at radius 2 is 1.92 bits per heavy atom. The average Bonchev–Trinajstić information content (AvgIpc) is 2.60. The molecule has 2 aromatic carbocycles. The Morgan fingerprint density at radius 3 is 2.68 bits per heavy atom. The topological polar surface area (TPSA) is 93.4 Å². The lowest BCUT2D eigenvalue weighted by Crippen LogP contribution is -2.16. The SMILES string of the molecule is CCNCc1cccc(NC(=O)CCOc2cccc(C(N)=O)c2)c1. The van der Waals surface area contributed by atoms with E-state index < -0.39 is 5.91 Å². The van der Waals surface area contributed by atoms with Crippen LogP contribution in [0.2, 0.25) is 0 Å². The van der Waals surface area contributed by atoms with E-state index in [1.165, 1.54) is 0 Å². The van der Waals surface area contributed by atoms with E-state index >= 15 is 0 Å². The molecule has 0 atom stereocenters. The van der Waals surface area contributed by atoms with Gasteiger partial charge >= 0.3 is 0 Å². The molecule has 6 heteroatoms. The van der Waals surface area contributed by atoms with Gasteiger partial charge in [-0.3, -0.25) is 9.59 Å². The van der Waals surface area contributed by atoms with Crippen LogP contribution < -0.4 is 21.1 Å². The standard InChI is InChI=1S/C19H23N3O3/c1-2-21-13-14-5-3-7-16(11-14)22-18(23)9-10-25-17-8-4-6-15(12-17)19(20)24/h3-8,11-12,21H,2,9-10,13H2,1H3,(H2,20,24)(H,22,23). The van der Waals surface area contributed by atoms with Crippen LogP contribution in [-0.4, -0.2) is 25.0 Å². The molecule has 0 saturated heterocycles. The highest BCUT2D eigenvalue weighted by molar-refractivity contribution is 5.93. The molecular formula is C19H23N3O3. The molecule has 0 heterocycles. The Kier molecular flexibility index (Phi) is 6.98. The Hall–Kier alpha value is -2.86. The minimum absolute atomic E-state index is 0.133. The molecule has 0 unspecified atom stereocenters. The van der Waals surface area contributed by atoms with Crippen LogP contribution in [0.4, 0.5) is 5.69 Å². The van der Waals surface area contributed by atoms with Gasteiger partial charge in [-0.05, 0) is 42.4 Å². The zero-order valence-electron chi connectivity index (χ0n) is 14.2. The van der Waals surface area contributed by atoms with E-state index in [0.717, 1.165) is 24.3 Å². The highest BCUT2D eigenvalue weighted by Gasteiger charge is 2.05. The number of benzene rings is 2. The predicted molar refractivity (Wildman–Crippen MR) is 97.5 cm³/mol. The van der Waals surface area contributed by atoms with Gasteiger partial charge in [0, 0.05) is 17.8 Å². The summed E-state index contributed by atoms with van der Waals surface area (Å²) in [5.41, 5.74) is 7.47. The maximum Gasteiger partial charge on any atom is 0.248 e. The van der Waals surface area contributed by atoms with Gasteiger partial charge in [0.1, 0.15) is 5.75 Å². The summed E-state index contributed by atoms with van der Waals surface area (Å²) in [6.07, 6.45) is 0.207. The van der Waals surface area contributed by atoms with Gasteiger partial charge in [0.2, 0.25) is 11.8 Å². The van der Waals surface area contributed by atoms with Crippen LogP contribution in [0.1, 0.15) is 29.3 Å². The first-order chi connectivity index (χ1) is 12.1. The van der Waals surface area contributed by atoms with Crippen LogP contribution in [0.25, 0.3) is 0 Å². The Balaban J connectivity index is 1.81. The molecule has 0 aliphatic carbocycles. The van der Waals surface area contributed by atoms with Crippen molar-refractivity contribution in [2.75, 3.05) is 18.5 Å². The van der Waals surface area contributed by atoms with Crippen molar-refractivity contribution in [3.05, 3.63) is 59.7 Å². The van der Waals surface area contributed by atoms with Gasteiger partial charge in [0.05, 0.1) is 13.0 Å². The fraction of sp³-hybridized carbons (Fsp3) is 0.263. The first kappa shape index (κ1) is 18.5.